The van der Waals surface area contributed by atoms with Gasteiger partial charge in [-0.25, -0.2) is 4.98 Å². The Morgan fingerprint density at radius 2 is 2.22 bits per heavy atom. The molecule has 5 heteroatoms. The average molecular weight is 310 g/mol. The van der Waals surface area contributed by atoms with Gasteiger partial charge in [0.15, 0.2) is 0 Å². The number of carbonyl (C=O) groups is 1. The molecular weight excluding hydrogens is 288 g/mol. The van der Waals surface area contributed by atoms with Crippen LogP contribution in [0.25, 0.3) is 17.1 Å². The predicted octanol–water partition coefficient (Wildman–Crippen LogP) is 2.24. The Morgan fingerprint density at radius 1 is 1.39 bits per heavy atom. The molecule has 0 spiro atoms. The van der Waals surface area contributed by atoms with E-state index in [1.807, 2.05) is 24.3 Å². The van der Waals surface area contributed by atoms with Crippen molar-refractivity contribution in [1.29, 1.82) is 0 Å². The SMILES string of the molecule is CCN1CCCC(NC(=O)/C=C/c2cnc3ccccc3n2)C1. The van der Waals surface area contributed by atoms with E-state index >= 15 is 0 Å². The summed E-state index contributed by atoms with van der Waals surface area (Å²) in [7, 11) is 0. The molecule has 1 fully saturated rings. The van der Waals surface area contributed by atoms with Crippen LogP contribution in [0.3, 0.4) is 0 Å². The molecule has 1 aliphatic rings. The highest BCUT2D eigenvalue weighted by Crippen LogP contribution is 2.11. The van der Waals surface area contributed by atoms with E-state index < -0.39 is 0 Å². The van der Waals surface area contributed by atoms with Crippen LogP contribution in [0.15, 0.2) is 36.5 Å². The van der Waals surface area contributed by atoms with Crippen LogP contribution in [-0.4, -0.2) is 46.5 Å². The van der Waals surface area contributed by atoms with Crippen LogP contribution in [-0.2, 0) is 4.79 Å². The van der Waals surface area contributed by atoms with E-state index in [9.17, 15) is 4.79 Å². The van der Waals surface area contributed by atoms with Crippen molar-refractivity contribution in [2.24, 2.45) is 0 Å². The van der Waals surface area contributed by atoms with E-state index in [-0.39, 0.29) is 11.9 Å². The van der Waals surface area contributed by atoms with Crippen molar-refractivity contribution in [3.8, 4) is 0 Å². The lowest BCUT2D eigenvalue weighted by molar-refractivity contribution is -0.117. The second-order valence-electron chi connectivity index (χ2n) is 5.86. The van der Waals surface area contributed by atoms with Crippen LogP contribution in [0.2, 0.25) is 0 Å². The molecule has 1 amide bonds. The van der Waals surface area contributed by atoms with Gasteiger partial charge in [-0.05, 0) is 44.1 Å². The van der Waals surface area contributed by atoms with Gasteiger partial charge < -0.3 is 10.2 Å². The maximum Gasteiger partial charge on any atom is 0.244 e. The van der Waals surface area contributed by atoms with Gasteiger partial charge in [-0.15, -0.1) is 0 Å². The molecule has 120 valence electrons. The predicted molar refractivity (Wildman–Crippen MR) is 91.9 cm³/mol. The Kier molecular flexibility index (Phi) is 4.98. The summed E-state index contributed by atoms with van der Waals surface area (Å²) < 4.78 is 0. The van der Waals surface area contributed by atoms with Gasteiger partial charge in [-0.3, -0.25) is 9.78 Å². The molecule has 1 unspecified atom stereocenters. The number of piperidine rings is 1. The first-order chi connectivity index (χ1) is 11.2. The summed E-state index contributed by atoms with van der Waals surface area (Å²) in [5, 5.41) is 3.07. The molecule has 0 saturated carbocycles. The molecule has 0 aliphatic carbocycles. The van der Waals surface area contributed by atoms with E-state index in [1.54, 1.807) is 18.3 Å². The zero-order chi connectivity index (χ0) is 16.1. The molecule has 0 radical (unpaired) electrons. The third-order valence-electron chi connectivity index (χ3n) is 4.17. The van der Waals surface area contributed by atoms with E-state index in [0.717, 1.165) is 43.5 Å². The van der Waals surface area contributed by atoms with Gasteiger partial charge in [0.2, 0.25) is 5.91 Å². The number of likely N-dealkylation sites (tertiary alicyclic amines) is 1. The van der Waals surface area contributed by atoms with E-state index in [4.69, 9.17) is 0 Å². The molecule has 1 aromatic carbocycles. The quantitative estimate of drug-likeness (QED) is 0.880. The standard InChI is InChI=1S/C18H22N4O/c1-2-22-11-5-6-15(13-22)21-18(23)10-9-14-12-19-16-7-3-4-8-17(16)20-14/h3-4,7-10,12,15H,2,5-6,11,13H2,1H3,(H,21,23)/b10-9+. The van der Waals surface area contributed by atoms with Gasteiger partial charge in [-0.2, -0.15) is 0 Å². The molecule has 1 saturated heterocycles. The molecular formula is C18H22N4O. The summed E-state index contributed by atoms with van der Waals surface area (Å²) >= 11 is 0. The largest absolute Gasteiger partial charge is 0.349 e. The van der Waals surface area contributed by atoms with E-state index in [0.29, 0.717) is 5.69 Å². The Hall–Kier alpha value is -2.27. The molecule has 1 aromatic heterocycles. The highest BCUT2D eigenvalue weighted by molar-refractivity contribution is 5.91. The normalized spacial score (nSPS) is 19.3. The van der Waals surface area contributed by atoms with Crippen molar-refractivity contribution in [2.45, 2.75) is 25.8 Å². The summed E-state index contributed by atoms with van der Waals surface area (Å²) in [6.07, 6.45) is 7.13. The van der Waals surface area contributed by atoms with Crippen LogP contribution in [0.1, 0.15) is 25.5 Å². The fraction of sp³-hybridized carbons (Fsp3) is 0.389. The zero-order valence-electron chi connectivity index (χ0n) is 13.4. The van der Waals surface area contributed by atoms with E-state index in [1.165, 1.54) is 0 Å². The lowest BCUT2D eigenvalue weighted by atomic mass is 10.1. The number of benzene rings is 1. The van der Waals surface area contributed by atoms with Crippen molar-refractivity contribution >= 4 is 23.0 Å². The van der Waals surface area contributed by atoms with Crippen molar-refractivity contribution < 1.29 is 4.79 Å². The van der Waals surface area contributed by atoms with Crippen LogP contribution >= 0.6 is 0 Å². The third-order valence-corrected chi connectivity index (χ3v) is 4.17. The fourth-order valence-electron chi connectivity index (χ4n) is 2.92. The van der Waals surface area contributed by atoms with Crippen molar-refractivity contribution in [2.75, 3.05) is 19.6 Å². The number of rotatable bonds is 4. The first kappa shape index (κ1) is 15.6. The minimum Gasteiger partial charge on any atom is -0.349 e. The number of nitrogens with zero attached hydrogens (tertiary/aromatic N) is 3. The first-order valence-electron chi connectivity index (χ1n) is 8.17. The summed E-state index contributed by atoms with van der Waals surface area (Å²) in [4.78, 5) is 23.3. The van der Waals surface area contributed by atoms with Crippen molar-refractivity contribution in [3.05, 3.63) is 42.2 Å². The van der Waals surface area contributed by atoms with Gasteiger partial charge in [-0.1, -0.05) is 19.1 Å². The maximum absolute atomic E-state index is 12.1. The number of likely N-dealkylation sites (N-methyl/N-ethyl adjacent to an activating group) is 1. The van der Waals surface area contributed by atoms with Crippen LogP contribution in [0, 0.1) is 0 Å². The molecule has 2 aromatic rings. The van der Waals surface area contributed by atoms with Gasteiger partial charge in [0.25, 0.3) is 0 Å². The molecule has 23 heavy (non-hydrogen) atoms. The number of aromatic nitrogens is 2. The van der Waals surface area contributed by atoms with Crippen LogP contribution in [0.5, 0.6) is 0 Å². The minimum absolute atomic E-state index is 0.0667. The number of para-hydroxylation sites is 2. The number of hydrogen-bond acceptors (Lipinski definition) is 4. The lowest BCUT2D eigenvalue weighted by Crippen LogP contribution is -2.47. The van der Waals surface area contributed by atoms with Gasteiger partial charge in [0, 0.05) is 18.7 Å². The third kappa shape index (κ3) is 4.13. The first-order valence-corrected chi connectivity index (χ1v) is 8.17. The van der Waals surface area contributed by atoms with Crippen LogP contribution in [0.4, 0.5) is 0 Å². The maximum atomic E-state index is 12.1. The number of amides is 1. The highest BCUT2D eigenvalue weighted by Gasteiger charge is 2.19. The van der Waals surface area contributed by atoms with Gasteiger partial charge in [0.05, 0.1) is 22.9 Å². The number of carbonyl (C=O) groups excluding carboxylic acids is 1. The number of hydrogen-bond donors (Lipinski definition) is 1. The molecule has 2 heterocycles. The molecule has 1 aliphatic heterocycles. The molecule has 1 atom stereocenters. The minimum atomic E-state index is -0.0667. The lowest BCUT2D eigenvalue weighted by Gasteiger charge is -2.31. The average Bonchev–Trinajstić information content (AvgIpc) is 2.60. The summed E-state index contributed by atoms with van der Waals surface area (Å²) in [6, 6.07) is 7.94. The Morgan fingerprint density at radius 3 is 3.04 bits per heavy atom. The Balaban J connectivity index is 1.60. The Bertz CT molecular complexity index is 713. The molecule has 5 nitrogen and oxygen atoms in total. The smallest absolute Gasteiger partial charge is 0.244 e. The topological polar surface area (TPSA) is 58.1 Å². The van der Waals surface area contributed by atoms with Crippen molar-refractivity contribution in [3.63, 3.8) is 0 Å². The number of fused-ring (bicyclic) bond motifs is 1. The second-order valence-corrected chi connectivity index (χ2v) is 5.86. The van der Waals surface area contributed by atoms with Gasteiger partial charge >= 0.3 is 0 Å². The fourth-order valence-corrected chi connectivity index (χ4v) is 2.92. The van der Waals surface area contributed by atoms with Crippen LogP contribution < -0.4 is 5.32 Å². The second kappa shape index (κ2) is 7.33. The van der Waals surface area contributed by atoms with E-state index in [2.05, 4.69) is 27.1 Å². The summed E-state index contributed by atoms with van der Waals surface area (Å²) in [6.45, 7) is 5.26. The Labute approximate surface area is 136 Å². The van der Waals surface area contributed by atoms with Crippen molar-refractivity contribution in [1.82, 2.24) is 20.2 Å². The van der Waals surface area contributed by atoms with Gasteiger partial charge in [0.1, 0.15) is 0 Å². The highest BCUT2D eigenvalue weighted by atomic mass is 16.1. The molecule has 3 rings (SSSR count). The number of nitrogens with one attached hydrogen (secondary N) is 1. The monoisotopic (exact) mass is 310 g/mol. The zero-order valence-corrected chi connectivity index (χ0v) is 13.4. The summed E-state index contributed by atoms with van der Waals surface area (Å²) in [5.74, 6) is -0.0667. The summed E-state index contributed by atoms with van der Waals surface area (Å²) in [5.41, 5.74) is 2.38. The molecule has 0 bridgehead atoms. The molecule has 1 N–H and O–H groups in total.